The molecule has 0 radical (unpaired) electrons. The van der Waals surface area contributed by atoms with Crippen molar-refractivity contribution in [2.45, 2.75) is 52.2 Å². The van der Waals surface area contributed by atoms with Crippen LogP contribution in [-0.4, -0.2) is 85.3 Å². The van der Waals surface area contributed by atoms with Gasteiger partial charge in [-0.15, -0.1) is 0 Å². The molecule has 3 aliphatic rings. The van der Waals surface area contributed by atoms with Crippen LogP contribution in [0.5, 0.6) is 0 Å². The summed E-state index contributed by atoms with van der Waals surface area (Å²) in [6, 6.07) is 4.80. The molecule has 1 aromatic rings. The normalized spacial score (nSPS) is 25.8. The molecule has 2 saturated heterocycles. The third kappa shape index (κ3) is 5.83. The number of hydrogen-bond acceptors (Lipinski definition) is 6. The zero-order valence-corrected chi connectivity index (χ0v) is 20.9. The van der Waals surface area contributed by atoms with E-state index in [-0.39, 0.29) is 42.1 Å². The molecule has 1 saturated carbocycles. The number of anilines is 1. The molecule has 2 amide bonds. The average molecular weight is 486 g/mol. The van der Waals surface area contributed by atoms with Crippen LogP contribution in [0.3, 0.4) is 0 Å². The van der Waals surface area contributed by atoms with E-state index in [4.69, 9.17) is 10.5 Å². The molecule has 2 N–H and O–H groups in total. The van der Waals surface area contributed by atoms with E-state index in [1.807, 2.05) is 25.7 Å². The Morgan fingerprint density at radius 2 is 1.77 bits per heavy atom. The van der Waals surface area contributed by atoms with Crippen LogP contribution in [0.1, 0.15) is 38.7 Å². The molecular formula is C26H36FN5O3. The Morgan fingerprint density at radius 1 is 1.09 bits per heavy atom. The number of amides is 2. The number of carbonyl (C=O) groups excluding carboxylic acids is 2. The number of benzene rings is 1. The van der Waals surface area contributed by atoms with Crippen molar-refractivity contribution in [2.75, 3.05) is 50.7 Å². The summed E-state index contributed by atoms with van der Waals surface area (Å²) in [6.07, 6.45) is 2.26. The predicted molar refractivity (Wildman–Crippen MR) is 134 cm³/mol. The Hall–Kier alpha value is -2.94. The second-order valence-corrected chi connectivity index (χ2v) is 9.77. The maximum Gasteiger partial charge on any atom is 0.270 e. The van der Waals surface area contributed by atoms with Gasteiger partial charge in [0.25, 0.3) is 5.91 Å². The molecule has 8 nitrogen and oxygen atoms in total. The second kappa shape index (κ2) is 10.8. The van der Waals surface area contributed by atoms with Crippen molar-refractivity contribution in [1.29, 1.82) is 0 Å². The lowest BCUT2D eigenvalue weighted by Crippen LogP contribution is -2.49. The van der Waals surface area contributed by atoms with Gasteiger partial charge in [-0.2, -0.15) is 0 Å². The Morgan fingerprint density at radius 3 is 2.43 bits per heavy atom. The number of hydrogen-bond donors (Lipinski definition) is 1. The van der Waals surface area contributed by atoms with Crippen molar-refractivity contribution in [3.63, 3.8) is 0 Å². The lowest BCUT2D eigenvalue weighted by Gasteiger charge is -2.36. The molecule has 0 spiro atoms. The first-order valence-electron chi connectivity index (χ1n) is 12.5. The highest BCUT2D eigenvalue weighted by Gasteiger charge is 2.30. The van der Waals surface area contributed by atoms with Gasteiger partial charge in [-0.3, -0.25) is 14.6 Å². The Bertz CT molecular complexity index is 1020. The minimum atomic E-state index is -0.240. The number of carbonyl (C=O) groups is 2. The highest BCUT2D eigenvalue weighted by atomic mass is 19.1. The van der Waals surface area contributed by atoms with Gasteiger partial charge in [-0.1, -0.05) is 0 Å². The lowest BCUT2D eigenvalue weighted by atomic mass is 10.1. The Kier molecular flexibility index (Phi) is 7.74. The first-order chi connectivity index (χ1) is 16.7. The molecule has 190 valence electrons. The van der Waals surface area contributed by atoms with Gasteiger partial charge >= 0.3 is 0 Å². The summed E-state index contributed by atoms with van der Waals surface area (Å²) in [5.74, 6) is -0.439. The molecule has 2 atom stereocenters. The predicted octanol–water partition coefficient (Wildman–Crippen LogP) is 2.26. The van der Waals surface area contributed by atoms with E-state index in [9.17, 15) is 14.0 Å². The van der Waals surface area contributed by atoms with E-state index in [0.717, 1.165) is 35.4 Å². The van der Waals surface area contributed by atoms with Gasteiger partial charge in [0.15, 0.2) is 0 Å². The van der Waals surface area contributed by atoms with Crippen LogP contribution in [0.15, 0.2) is 34.5 Å². The molecule has 0 aromatic heterocycles. The number of halogens is 1. The number of ether oxygens (including phenoxy) is 1. The molecule has 1 aliphatic carbocycles. The van der Waals surface area contributed by atoms with E-state index < -0.39 is 0 Å². The Balaban J connectivity index is 1.35. The maximum absolute atomic E-state index is 13.4. The second-order valence-electron chi connectivity index (χ2n) is 9.77. The number of piperazine rings is 1. The highest BCUT2D eigenvalue weighted by molar-refractivity contribution is 6.09. The standard InChI is InChI=1S/C26H36FN5O3/c1-17-13-20(27)7-8-23(17)30-9-11-31(12-10-30)24(33)14-29-22-6-4-5-21(22)25(28)26(34)32-15-18(2)35-19(3)16-32/h7-8,13,18-19H,4-6,9-12,14-16,28H2,1-3H3/t18-,19+. The number of allylic oxidation sites excluding steroid dienone is 1. The van der Waals surface area contributed by atoms with Crippen LogP contribution in [0, 0.1) is 12.7 Å². The van der Waals surface area contributed by atoms with Gasteiger partial charge in [0.2, 0.25) is 5.91 Å². The third-order valence-corrected chi connectivity index (χ3v) is 6.99. The number of rotatable bonds is 4. The first kappa shape index (κ1) is 25.2. The zero-order valence-electron chi connectivity index (χ0n) is 20.9. The molecule has 0 bridgehead atoms. The van der Waals surface area contributed by atoms with Crippen LogP contribution < -0.4 is 10.6 Å². The molecule has 3 fully saturated rings. The first-order valence-corrected chi connectivity index (χ1v) is 12.5. The van der Waals surface area contributed by atoms with Gasteiger partial charge < -0.3 is 25.2 Å². The van der Waals surface area contributed by atoms with Gasteiger partial charge in [0, 0.05) is 56.2 Å². The summed E-state index contributed by atoms with van der Waals surface area (Å²) in [7, 11) is 0. The summed E-state index contributed by atoms with van der Waals surface area (Å²) >= 11 is 0. The average Bonchev–Trinajstić information content (AvgIpc) is 3.30. The minimum absolute atomic E-state index is 0.0257. The molecule has 2 heterocycles. The quantitative estimate of drug-likeness (QED) is 0.661. The van der Waals surface area contributed by atoms with Crippen LogP contribution in [0.25, 0.3) is 0 Å². The van der Waals surface area contributed by atoms with Crippen molar-refractivity contribution in [1.82, 2.24) is 9.80 Å². The SMILES string of the molecule is Cc1cc(F)ccc1N1CCN(C(=O)CN=C2CCCC2=C(N)C(=O)N2C[C@@H](C)O[C@@H](C)C2)CC1. The van der Waals surface area contributed by atoms with Crippen LogP contribution in [-0.2, 0) is 14.3 Å². The van der Waals surface area contributed by atoms with Crippen molar-refractivity contribution in [2.24, 2.45) is 10.7 Å². The maximum atomic E-state index is 13.4. The molecule has 0 unspecified atom stereocenters. The molecule has 35 heavy (non-hydrogen) atoms. The number of nitrogens with two attached hydrogens (primary N) is 1. The number of aryl methyl sites for hydroxylation is 1. The van der Waals surface area contributed by atoms with E-state index in [1.165, 1.54) is 12.1 Å². The molecule has 1 aromatic carbocycles. The van der Waals surface area contributed by atoms with Gasteiger partial charge in [-0.25, -0.2) is 4.39 Å². The smallest absolute Gasteiger partial charge is 0.270 e. The largest absolute Gasteiger partial charge is 0.394 e. The molecule has 2 aliphatic heterocycles. The monoisotopic (exact) mass is 485 g/mol. The zero-order chi connectivity index (χ0) is 25.1. The molecule has 4 rings (SSSR count). The van der Waals surface area contributed by atoms with Crippen molar-refractivity contribution < 1.29 is 18.7 Å². The molecular weight excluding hydrogens is 449 g/mol. The minimum Gasteiger partial charge on any atom is -0.394 e. The summed E-state index contributed by atoms with van der Waals surface area (Å²) in [6.45, 7) is 9.47. The Labute approximate surface area is 206 Å². The highest BCUT2D eigenvalue weighted by Crippen LogP contribution is 2.26. The van der Waals surface area contributed by atoms with Crippen molar-refractivity contribution in [3.05, 3.63) is 40.8 Å². The molecule has 9 heteroatoms. The summed E-state index contributed by atoms with van der Waals surface area (Å²) in [5, 5.41) is 0. The van der Waals surface area contributed by atoms with E-state index in [2.05, 4.69) is 9.89 Å². The number of aliphatic imine (C=N–C) groups is 1. The number of nitrogens with zero attached hydrogens (tertiary/aromatic N) is 4. The van der Waals surface area contributed by atoms with E-state index in [0.29, 0.717) is 45.7 Å². The summed E-state index contributed by atoms with van der Waals surface area (Å²) in [4.78, 5) is 36.2. The van der Waals surface area contributed by atoms with Crippen molar-refractivity contribution in [3.8, 4) is 0 Å². The summed E-state index contributed by atoms with van der Waals surface area (Å²) < 4.78 is 19.1. The fourth-order valence-electron chi connectivity index (χ4n) is 5.27. The number of morpholine rings is 1. The van der Waals surface area contributed by atoms with Gasteiger partial charge in [0.05, 0.1) is 12.2 Å². The van der Waals surface area contributed by atoms with Crippen LogP contribution in [0.4, 0.5) is 10.1 Å². The lowest BCUT2D eigenvalue weighted by molar-refractivity contribution is -0.139. The van der Waals surface area contributed by atoms with Gasteiger partial charge in [-0.05, 0) is 63.8 Å². The van der Waals surface area contributed by atoms with Crippen LogP contribution in [0.2, 0.25) is 0 Å². The third-order valence-electron chi connectivity index (χ3n) is 6.99. The van der Waals surface area contributed by atoms with Crippen LogP contribution >= 0.6 is 0 Å². The van der Waals surface area contributed by atoms with Gasteiger partial charge in [0.1, 0.15) is 18.1 Å². The fourth-order valence-corrected chi connectivity index (χ4v) is 5.27. The van der Waals surface area contributed by atoms with Crippen molar-refractivity contribution >= 4 is 23.2 Å². The van der Waals surface area contributed by atoms with E-state index >= 15 is 0 Å². The van der Waals surface area contributed by atoms with E-state index in [1.54, 1.807) is 11.0 Å². The summed E-state index contributed by atoms with van der Waals surface area (Å²) in [5.41, 5.74) is 10.0. The topological polar surface area (TPSA) is 91.5 Å². The fraction of sp³-hybridized carbons (Fsp3) is 0.577.